The van der Waals surface area contributed by atoms with Gasteiger partial charge in [-0.05, 0) is 12.1 Å². The normalized spacial score (nSPS) is 10.3. The fraction of sp³-hybridized carbons (Fsp3) is 0.308. The molecule has 0 radical (unpaired) electrons. The summed E-state index contributed by atoms with van der Waals surface area (Å²) in [6.45, 7) is 0.612. The van der Waals surface area contributed by atoms with Gasteiger partial charge in [-0.25, -0.2) is 14.8 Å². The van der Waals surface area contributed by atoms with Crippen molar-refractivity contribution in [2.45, 2.75) is 6.54 Å². The summed E-state index contributed by atoms with van der Waals surface area (Å²) >= 11 is 0. The average molecular weight is 260 g/mol. The van der Waals surface area contributed by atoms with Gasteiger partial charge in [0.1, 0.15) is 11.6 Å². The number of carbonyl (C=O) groups is 1. The van der Waals surface area contributed by atoms with Gasteiger partial charge in [-0.1, -0.05) is 0 Å². The van der Waals surface area contributed by atoms with Crippen molar-refractivity contribution in [3.05, 3.63) is 42.1 Å². The van der Waals surface area contributed by atoms with E-state index in [9.17, 15) is 4.79 Å². The Morgan fingerprint density at radius 3 is 2.84 bits per heavy atom. The predicted octanol–water partition coefficient (Wildman–Crippen LogP) is 1.24. The zero-order valence-corrected chi connectivity index (χ0v) is 11.2. The van der Waals surface area contributed by atoms with E-state index in [1.54, 1.807) is 24.5 Å². The van der Waals surface area contributed by atoms with Crippen LogP contribution in [0.1, 0.15) is 16.2 Å². The first-order valence-corrected chi connectivity index (χ1v) is 5.83. The van der Waals surface area contributed by atoms with E-state index in [0.717, 1.165) is 5.82 Å². The third kappa shape index (κ3) is 2.90. The van der Waals surface area contributed by atoms with E-state index >= 15 is 0 Å². The highest BCUT2D eigenvalue weighted by molar-refractivity contribution is 5.90. The second kappa shape index (κ2) is 5.51. The van der Waals surface area contributed by atoms with Crippen molar-refractivity contribution in [1.82, 2.24) is 14.5 Å². The zero-order valence-electron chi connectivity index (χ0n) is 11.2. The maximum Gasteiger partial charge on any atom is 0.338 e. The van der Waals surface area contributed by atoms with Crippen LogP contribution in [-0.2, 0) is 18.3 Å². The first-order valence-electron chi connectivity index (χ1n) is 5.83. The Labute approximate surface area is 111 Å². The number of pyridine rings is 1. The predicted molar refractivity (Wildman–Crippen MR) is 70.9 cm³/mol. The minimum absolute atomic E-state index is 0.367. The number of methoxy groups -OCH3 is 1. The largest absolute Gasteiger partial charge is 0.465 e. The number of anilines is 1. The Hall–Kier alpha value is -2.37. The third-order valence-electron chi connectivity index (χ3n) is 2.86. The molecule has 0 bridgehead atoms. The van der Waals surface area contributed by atoms with E-state index in [4.69, 9.17) is 4.74 Å². The summed E-state index contributed by atoms with van der Waals surface area (Å²) in [6, 6.07) is 3.33. The van der Waals surface area contributed by atoms with E-state index in [-0.39, 0.29) is 5.97 Å². The van der Waals surface area contributed by atoms with Crippen LogP contribution in [0.15, 0.2) is 30.7 Å². The smallest absolute Gasteiger partial charge is 0.338 e. The van der Waals surface area contributed by atoms with Crippen LogP contribution in [0.5, 0.6) is 0 Å². The molecule has 0 saturated carbocycles. The summed E-state index contributed by atoms with van der Waals surface area (Å²) in [5, 5.41) is 0. The van der Waals surface area contributed by atoms with Crippen LogP contribution in [-0.4, -0.2) is 34.7 Å². The van der Waals surface area contributed by atoms with Gasteiger partial charge in [0, 0.05) is 32.7 Å². The Balaban J connectivity index is 2.17. The van der Waals surface area contributed by atoms with Crippen LogP contribution in [0.4, 0.5) is 5.82 Å². The third-order valence-corrected chi connectivity index (χ3v) is 2.86. The van der Waals surface area contributed by atoms with Crippen molar-refractivity contribution in [2.75, 3.05) is 19.1 Å². The molecule has 0 amide bonds. The lowest BCUT2D eigenvalue weighted by Gasteiger charge is -2.18. The number of carbonyl (C=O) groups excluding carboxylic acids is 1. The van der Waals surface area contributed by atoms with E-state index in [2.05, 4.69) is 9.97 Å². The van der Waals surface area contributed by atoms with E-state index in [0.29, 0.717) is 17.9 Å². The van der Waals surface area contributed by atoms with Crippen molar-refractivity contribution in [1.29, 1.82) is 0 Å². The number of aromatic nitrogens is 3. The monoisotopic (exact) mass is 260 g/mol. The van der Waals surface area contributed by atoms with Crippen molar-refractivity contribution in [3.63, 3.8) is 0 Å². The van der Waals surface area contributed by atoms with Crippen LogP contribution in [0, 0.1) is 0 Å². The second-order valence-corrected chi connectivity index (χ2v) is 4.20. The van der Waals surface area contributed by atoms with Gasteiger partial charge in [0.25, 0.3) is 0 Å². The molecule has 0 aliphatic rings. The zero-order chi connectivity index (χ0) is 13.8. The Bertz CT molecular complexity index is 580. The molecule has 6 heteroatoms. The molecule has 0 atom stereocenters. The first kappa shape index (κ1) is 13.1. The molecule has 2 aromatic rings. The van der Waals surface area contributed by atoms with Gasteiger partial charge >= 0.3 is 5.97 Å². The van der Waals surface area contributed by atoms with Gasteiger partial charge in [-0.2, -0.15) is 0 Å². The van der Waals surface area contributed by atoms with Crippen LogP contribution < -0.4 is 4.90 Å². The molecule has 0 aromatic carbocycles. The maximum atomic E-state index is 11.5. The summed E-state index contributed by atoms with van der Waals surface area (Å²) < 4.78 is 6.64. The molecule has 0 aliphatic carbocycles. The molecule has 19 heavy (non-hydrogen) atoms. The molecule has 0 aliphatic heterocycles. The quantitative estimate of drug-likeness (QED) is 0.774. The number of nitrogens with zero attached hydrogens (tertiary/aromatic N) is 4. The standard InChI is InChI=1S/C13H16N4O2/c1-16-7-6-15-12(16)9-17(2)11-8-10(4-5-14-11)13(18)19-3/h4-8H,9H2,1-3H3. The first-order chi connectivity index (χ1) is 9.11. The molecule has 2 aromatic heterocycles. The van der Waals surface area contributed by atoms with Crippen LogP contribution in [0.25, 0.3) is 0 Å². The number of hydrogen-bond donors (Lipinski definition) is 0. The number of ether oxygens (including phenoxy) is 1. The Kier molecular flexibility index (Phi) is 3.79. The fourth-order valence-corrected chi connectivity index (χ4v) is 1.71. The molecule has 0 saturated heterocycles. The topological polar surface area (TPSA) is 60.2 Å². The van der Waals surface area contributed by atoms with Crippen LogP contribution >= 0.6 is 0 Å². The van der Waals surface area contributed by atoms with Crippen molar-refractivity contribution >= 4 is 11.8 Å². The molecule has 0 spiro atoms. The Morgan fingerprint density at radius 1 is 1.42 bits per heavy atom. The highest BCUT2D eigenvalue weighted by Crippen LogP contribution is 2.14. The fourth-order valence-electron chi connectivity index (χ4n) is 1.71. The lowest BCUT2D eigenvalue weighted by Crippen LogP contribution is -2.20. The lowest BCUT2D eigenvalue weighted by atomic mass is 10.2. The van der Waals surface area contributed by atoms with Crippen molar-refractivity contribution in [2.24, 2.45) is 7.05 Å². The molecule has 6 nitrogen and oxygen atoms in total. The maximum absolute atomic E-state index is 11.5. The molecule has 0 N–H and O–H groups in total. The van der Waals surface area contributed by atoms with Gasteiger partial charge in [-0.15, -0.1) is 0 Å². The summed E-state index contributed by atoms with van der Waals surface area (Å²) in [4.78, 5) is 21.9. The molecular weight excluding hydrogens is 244 g/mol. The molecule has 0 fully saturated rings. The van der Waals surface area contributed by atoms with E-state index < -0.39 is 0 Å². The van der Waals surface area contributed by atoms with Crippen LogP contribution in [0.2, 0.25) is 0 Å². The summed E-state index contributed by atoms with van der Waals surface area (Å²) in [7, 11) is 5.20. The second-order valence-electron chi connectivity index (χ2n) is 4.20. The molecule has 2 rings (SSSR count). The molecule has 0 unspecified atom stereocenters. The summed E-state index contributed by atoms with van der Waals surface area (Å²) in [6.07, 6.45) is 5.24. The highest BCUT2D eigenvalue weighted by Gasteiger charge is 2.10. The molecule has 100 valence electrons. The lowest BCUT2D eigenvalue weighted by molar-refractivity contribution is 0.0600. The highest BCUT2D eigenvalue weighted by atomic mass is 16.5. The van der Waals surface area contributed by atoms with Crippen molar-refractivity contribution < 1.29 is 9.53 Å². The summed E-state index contributed by atoms with van der Waals surface area (Å²) in [5.41, 5.74) is 0.485. The SMILES string of the molecule is COC(=O)c1ccnc(N(C)Cc2nccn2C)c1. The van der Waals surface area contributed by atoms with Gasteiger partial charge in [0.15, 0.2) is 0 Å². The van der Waals surface area contributed by atoms with E-state index in [1.807, 2.05) is 29.8 Å². The summed E-state index contributed by atoms with van der Waals surface area (Å²) in [5.74, 6) is 1.26. The van der Waals surface area contributed by atoms with Gasteiger partial charge < -0.3 is 14.2 Å². The van der Waals surface area contributed by atoms with E-state index in [1.165, 1.54) is 7.11 Å². The Morgan fingerprint density at radius 2 is 2.21 bits per heavy atom. The van der Waals surface area contributed by atoms with Crippen LogP contribution in [0.3, 0.4) is 0 Å². The minimum atomic E-state index is -0.367. The van der Waals surface area contributed by atoms with Gasteiger partial charge in [0.2, 0.25) is 0 Å². The molecular formula is C13H16N4O2. The molecule has 2 heterocycles. The number of hydrogen-bond acceptors (Lipinski definition) is 5. The number of esters is 1. The number of aryl methyl sites for hydroxylation is 1. The number of rotatable bonds is 4. The van der Waals surface area contributed by atoms with Gasteiger partial charge in [-0.3, -0.25) is 0 Å². The average Bonchev–Trinajstić information content (AvgIpc) is 2.83. The van der Waals surface area contributed by atoms with Crippen molar-refractivity contribution in [3.8, 4) is 0 Å². The minimum Gasteiger partial charge on any atom is -0.465 e. The van der Waals surface area contributed by atoms with Gasteiger partial charge in [0.05, 0.1) is 19.2 Å². The number of imidazole rings is 1.